The number of aliphatic hydroxyl groups is 1. The van der Waals surface area contributed by atoms with Crippen LogP contribution in [0.4, 0.5) is 0 Å². The minimum Gasteiger partial charge on any atom is -0.388 e. The fourth-order valence-corrected chi connectivity index (χ4v) is 2.38. The molecule has 1 unspecified atom stereocenters. The number of hydroxylamine groups is 1. The molecule has 0 spiro atoms. The average Bonchev–Trinajstić information content (AvgIpc) is 2.59. The molecule has 7 heteroatoms. The molecule has 2 amide bonds. The van der Waals surface area contributed by atoms with Gasteiger partial charge in [0.1, 0.15) is 6.04 Å². The summed E-state index contributed by atoms with van der Waals surface area (Å²) in [6.07, 6.45) is 0.838. The van der Waals surface area contributed by atoms with E-state index in [9.17, 15) is 14.7 Å². The van der Waals surface area contributed by atoms with E-state index in [0.29, 0.717) is 17.0 Å². The van der Waals surface area contributed by atoms with Crippen molar-refractivity contribution in [3.63, 3.8) is 0 Å². The number of benzene rings is 1. The number of rotatable bonds is 5. The lowest BCUT2D eigenvalue weighted by molar-refractivity contribution is -0.136. The predicted molar refractivity (Wildman–Crippen MR) is 99.6 cm³/mol. The van der Waals surface area contributed by atoms with E-state index >= 15 is 0 Å². The fourth-order valence-electron chi connectivity index (χ4n) is 2.38. The quantitative estimate of drug-likeness (QED) is 0.286. The predicted octanol–water partition coefficient (Wildman–Crippen LogP) is 0.0257. The summed E-state index contributed by atoms with van der Waals surface area (Å²) >= 11 is 0. The third-order valence-electron chi connectivity index (χ3n) is 4.12. The SMILES string of the molecule is CC(C)(O)C(NC(=O)c1ccc(C#CC#CCC2CNC2)cc1)C(=O)NO. The highest BCUT2D eigenvalue weighted by atomic mass is 16.5. The van der Waals surface area contributed by atoms with Gasteiger partial charge in [-0.25, -0.2) is 5.48 Å². The maximum Gasteiger partial charge on any atom is 0.268 e. The monoisotopic (exact) mass is 369 g/mol. The molecule has 0 aliphatic carbocycles. The Morgan fingerprint density at radius 1 is 1.26 bits per heavy atom. The zero-order valence-corrected chi connectivity index (χ0v) is 15.3. The number of hydrogen-bond donors (Lipinski definition) is 5. The molecule has 1 saturated heterocycles. The lowest BCUT2D eigenvalue weighted by Gasteiger charge is -2.28. The second-order valence-electron chi connectivity index (χ2n) is 6.89. The van der Waals surface area contributed by atoms with Gasteiger partial charge >= 0.3 is 0 Å². The van der Waals surface area contributed by atoms with E-state index in [1.54, 1.807) is 24.3 Å². The van der Waals surface area contributed by atoms with Gasteiger partial charge < -0.3 is 15.7 Å². The summed E-state index contributed by atoms with van der Waals surface area (Å²) in [6.45, 7) is 4.74. The number of nitrogens with one attached hydrogen (secondary N) is 3. The Bertz CT molecular complexity index is 800. The van der Waals surface area contributed by atoms with E-state index < -0.39 is 23.5 Å². The molecule has 1 aliphatic rings. The average molecular weight is 369 g/mol. The van der Waals surface area contributed by atoms with Crippen LogP contribution in [0.15, 0.2) is 24.3 Å². The molecule has 5 N–H and O–H groups in total. The van der Waals surface area contributed by atoms with Gasteiger partial charge in [-0.1, -0.05) is 11.8 Å². The van der Waals surface area contributed by atoms with Crippen LogP contribution < -0.4 is 16.1 Å². The lowest BCUT2D eigenvalue weighted by Crippen LogP contribution is -2.57. The second-order valence-corrected chi connectivity index (χ2v) is 6.89. The van der Waals surface area contributed by atoms with Crippen molar-refractivity contribution in [2.24, 2.45) is 5.92 Å². The first-order chi connectivity index (χ1) is 12.8. The highest BCUT2D eigenvalue weighted by Gasteiger charge is 2.34. The summed E-state index contributed by atoms with van der Waals surface area (Å²) in [5, 5.41) is 24.3. The van der Waals surface area contributed by atoms with E-state index in [0.717, 1.165) is 19.5 Å². The van der Waals surface area contributed by atoms with Crippen molar-refractivity contribution in [2.45, 2.75) is 31.9 Å². The molecule has 1 fully saturated rings. The van der Waals surface area contributed by atoms with Crippen LogP contribution in [0, 0.1) is 29.6 Å². The lowest BCUT2D eigenvalue weighted by atomic mass is 9.97. The minimum absolute atomic E-state index is 0.295. The largest absolute Gasteiger partial charge is 0.388 e. The van der Waals surface area contributed by atoms with E-state index in [-0.39, 0.29) is 0 Å². The molecule has 2 rings (SSSR count). The topological polar surface area (TPSA) is 111 Å². The Morgan fingerprint density at radius 3 is 2.44 bits per heavy atom. The zero-order chi connectivity index (χ0) is 19.9. The first kappa shape index (κ1) is 20.5. The fraction of sp³-hybridized carbons (Fsp3) is 0.400. The van der Waals surface area contributed by atoms with E-state index in [1.165, 1.54) is 19.3 Å². The van der Waals surface area contributed by atoms with E-state index in [4.69, 9.17) is 5.21 Å². The first-order valence-electron chi connectivity index (χ1n) is 8.58. The summed E-state index contributed by atoms with van der Waals surface area (Å²) in [5.74, 6) is 10.7. The van der Waals surface area contributed by atoms with Crippen molar-refractivity contribution in [3.8, 4) is 23.7 Å². The molecular weight excluding hydrogens is 346 g/mol. The van der Waals surface area contributed by atoms with Gasteiger partial charge in [-0.3, -0.25) is 14.8 Å². The van der Waals surface area contributed by atoms with Crippen LogP contribution in [0.3, 0.4) is 0 Å². The van der Waals surface area contributed by atoms with Gasteiger partial charge in [-0.2, -0.15) is 0 Å². The van der Waals surface area contributed by atoms with Crippen LogP contribution in [-0.4, -0.2) is 46.9 Å². The summed E-state index contributed by atoms with van der Waals surface area (Å²) in [6, 6.07) is 5.15. The highest BCUT2D eigenvalue weighted by molar-refractivity contribution is 5.97. The number of amides is 2. The molecule has 142 valence electrons. The van der Waals surface area contributed by atoms with E-state index in [2.05, 4.69) is 34.3 Å². The molecule has 1 aromatic rings. The summed E-state index contributed by atoms with van der Waals surface area (Å²) in [5.41, 5.74) is 0.886. The summed E-state index contributed by atoms with van der Waals surface area (Å²) in [7, 11) is 0. The molecule has 1 aromatic carbocycles. The normalized spacial score (nSPS) is 14.5. The Balaban J connectivity index is 1.97. The molecular formula is C20H23N3O4. The molecule has 7 nitrogen and oxygen atoms in total. The van der Waals surface area contributed by atoms with Gasteiger partial charge in [-0.15, -0.1) is 0 Å². The molecule has 0 radical (unpaired) electrons. The molecule has 27 heavy (non-hydrogen) atoms. The van der Waals surface area contributed by atoms with Gasteiger partial charge in [-0.05, 0) is 55.9 Å². The third kappa shape index (κ3) is 6.12. The molecule has 1 atom stereocenters. The van der Waals surface area contributed by atoms with Crippen molar-refractivity contribution in [2.75, 3.05) is 13.1 Å². The molecule has 1 heterocycles. The van der Waals surface area contributed by atoms with Crippen LogP contribution in [0.5, 0.6) is 0 Å². The standard InChI is InChI=1S/C20H23N3O4/c1-20(2,26)17(19(25)23-27)22-18(24)16-10-8-14(9-11-16)6-4-3-5-7-15-12-21-13-15/h8-11,15,17,21,26-27H,7,12-13H2,1-2H3,(H,22,24)(H,23,25). The number of carbonyl (C=O) groups excluding carboxylic acids is 2. The van der Waals surface area contributed by atoms with Gasteiger partial charge in [0.05, 0.1) is 5.60 Å². The van der Waals surface area contributed by atoms with Gasteiger partial charge in [0.2, 0.25) is 0 Å². The van der Waals surface area contributed by atoms with Crippen LogP contribution in [0.2, 0.25) is 0 Å². The van der Waals surface area contributed by atoms with Crippen molar-refractivity contribution in [3.05, 3.63) is 35.4 Å². The van der Waals surface area contributed by atoms with E-state index in [1.807, 2.05) is 0 Å². The Hall–Kier alpha value is -2.84. The molecule has 0 bridgehead atoms. The van der Waals surface area contributed by atoms with Crippen molar-refractivity contribution >= 4 is 11.8 Å². The summed E-state index contributed by atoms with van der Waals surface area (Å²) in [4.78, 5) is 23.9. The third-order valence-corrected chi connectivity index (χ3v) is 4.12. The Kier molecular flexibility index (Phi) is 6.98. The highest BCUT2D eigenvalue weighted by Crippen LogP contribution is 2.11. The van der Waals surface area contributed by atoms with Crippen LogP contribution >= 0.6 is 0 Å². The Labute approximate surface area is 158 Å². The first-order valence-corrected chi connectivity index (χ1v) is 8.58. The number of hydrogen-bond acceptors (Lipinski definition) is 5. The maximum atomic E-state index is 12.3. The van der Waals surface area contributed by atoms with Crippen LogP contribution in [0.25, 0.3) is 0 Å². The van der Waals surface area contributed by atoms with Gasteiger partial charge in [0, 0.05) is 30.6 Å². The molecule has 0 aromatic heterocycles. The molecule has 1 aliphatic heterocycles. The molecule has 0 saturated carbocycles. The maximum absolute atomic E-state index is 12.3. The van der Waals surface area contributed by atoms with Crippen LogP contribution in [0.1, 0.15) is 36.2 Å². The van der Waals surface area contributed by atoms with Crippen molar-refractivity contribution in [1.82, 2.24) is 16.1 Å². The smallest absolute Gasteiger partial charge is 0.268 e. The van der Waals surface area contributed by atoms with Gasteiger partial charge in [0.25, 0.3) is 11.8 Å². The summed E-state index contributed by atoms with van der Waals surface area (Å²) < 4.78 is 0. The van der Waals surface area contributed by atoms with Crippen molar-refractivity contribution in [1.29, 1.82) is 0 Å². The van der Waals surface area contributed by atoms with Crippen molar-refractivity contribution < 1.29 is 19.9 Å². The zero-order valence-electron chi connectivity index (χ0n) is 15.3. The second kappa shape index (κ2) is 9.20. The van der Waals surface area contributed by atoms with Crippen LogP contribution in [-0.2, 0) is 4.79 Å². The number of carbonyl (C=O) groups is 2. The minimum atomic E-state index is -1.55. The van der Waals surface area contributed by atoms with Gasteiger partial charge in [0.15, 0.2) is 0 Å². The Morgan fingerprint density at radius 2 is 1.93 bits per heavy atom.